The number of nitrogens with two attached hydrogens (primary N) is 1. The molecule has 0 saturated heterocycles. The van der Waals surface area contributed by atoms with Crippen LogP contribution in [0.3, 0.4) is 0 Å². The lowest BCUT2D eigenvalue weighted by molar-refractivity contribution is 0.589. The average Bonchev–Trinajstić information content (AvgIpc) is 3.08. The van der Waals surface area contributed by atoms with Crippen LogP contribution >= 0.6 is 0 Å². The Bertz CT molecular complexity index is 1330. The van der Waals surface area contributed by atoms with Gasteiger partial charge in [-0.1, -0.05) is 18.2 Å². The number of pyridine rings is 2. The lowest BCUT2D eigenvalue weighted by Crippen LogP contribution is -2.05. The fraction of sp³-hybridized carbons (Fsp3) is 0.0500. The van der Waals surface area contributed by atoms with Crippen LogP contribution in [-0.2, 0) is 6.54 Å². The maximum atomic E-state index is 14.1. The quantitative estimate of drug-likeness (QED) is 0.523. The van der Waals surface area contributed by atoms with Gasteiger partial charge >= 0.3 is 0 Å². The monoisotopic (exact) mass is 371 g/mol. The number of nitrogens with zero attached hydrogens (tertiary/aromatic N) is 6. The van der Waals surface area contributed by atoms with Crippen LogP contribution in [0.1, 0.15) is 5.56 Å². The predicted molar refractivity (Wildman–Crippen MR) is 104 cm³/mol. The highest BCUT2D eigenvalue weighted by Gasteiger charge is 2.18. The number of aromatic nitrogens is 6. The first-order valence-corrected chi connectivity index (χ1v) is 8.64. The van der Waals surface area contributed by atoms with E-state index in [0.717, 1.165) is 5.39 Å². The fourth-order valence-corrected chi connectivity index (χ4v) is 3.17. The number of hydrogen-bond acceptors (Lipinski definition) is 6. The van der Waals surface area contributed by atoms with E-state index in [1.165, 1.54) is 6.07 Å². The van der Waals surface area contributed by atoms with Crippen molar-refractivity contribution in [3.63, 3.8) is 0 Å². The summed E-state index contributed by atoms with van der Waals surface area (Å²) in [6.07, 6.45) is 3.31. The molecule has 4 aromatic heterocycles. The molecule has 0 saturated carbocycles. The fourth-order valence-electron chi connectivity index (χ4n) is 3.17. The second-order valence-corrected chi connectivity index (χ2v) is 6.28. The Kier molecular flexibility index (Phi) is 3.68. The Morgan fingerprint density at radius 3 is 2.64 bits per heavy atom. The van der Waals surface area contributed by atoms with E-state index >= 15 is 0 Å². The third kappa shape index (κ3) is 2.62. The van der Waals surface area contributed by atoms with Crippen LogP contribution in [0.4, 0.5) is 10.2 Å². The minimum absolute atomic E-state index is 0.241. The van der Waals surface area contributed by atoms with E-state index in [1.807, 2.05) is 18.2 Å². The van der Waals surface area contributed by atoms with Crippen molar-refractivity contribution < 1.29 is 4.39 Å². The summed E-state index contributed by atoms with van der Waals surface area (Å²) < 4.78 is 15.8. The standard InChI is InChI=1S/C20H14FN7/c21-14-7-2-1-5-12(14)11-28-20-13(6-3-10-24-20)16(27-28)19-25-15-8-4-9-23-17(15)18(22)26-19/h1-10H,11H2,(H2,22,25,26). The molecular weight excluding hydrogens is 357 g/mol. The van der Waals surface area contributed by atoms with Crippen LogP contribution in [0.5, 0.6) is 0 Å². The molecule has 0 spiro atoms. The maximum Gasteiger partial charge on any atom is 0.183 e. The molecule has 28 heavy (non-hydrogen) atoms. The van der Waals surface area contributed by atoms with Gasteiger partial charge in [0.15, 0.2) is 17.3 Å². The van der Waals surface area contributed by atoms with Crippen molar-refractivity contribution in [1.29, 1.82) is 0 Å². The molecule has 0 bridgehead atoms. The van der Waals surface area contributed by atoms with E-state index in [1.54, 1.807) is 41.3 Å². The summed E-state index contributed by atoms with van der Waals surface area (Å²) in [6.45, 7) is 0.241. The lowest BCUT2D eigenvalue weighted by Gasteiger charge is -2.04. The minimum atomic E-state index is -0.291. The van der Waals surface area contributed by atoms with Crippen molar-refractivity contribution in [2.45, 2.75) is 6.54 Å². The molecule has 2 N–H and O–H groups in total. The Morgan fingerprint density at radius 1 is 0.929 bits per heavy atom. The van der Waals surface area contributed by atoms with Gasteiger partial charge in [0.25, 0.3) is 0 Å². The van der Waals surface area contributed by atoms with E-state index < -0.39 is 0 Å². The second kappa shape index (κ2) is 6.34. The molecule has 0 fully saturated rings. The molecule has 1 aromatic carbocycles. The molecule has 136 valence electrons. The molecule has 0 aliphatic carbocycles. The molecular formula is C20H14FN7. The molecule has 8 heteroatoms. The van der Waals surface area contributed by atoms with Gasteiger partial charge in [0.1, 0.15) is 17.0 Å². The molecule has 5 aromatic rings. The largest absolute Gasteiger partial charge is 0.382 e. The summed E-state index contributed by atoms with van der Waals surface area (Å²) in [6, 6.07) is 13.9. The first-order valence-electron chi connectivity index (χ1n) is 8.64. The van der Waals surface area contributed by atoms with Gasteiger partial charge in [-0.15, -0.1) is 0 Å². The van der Waals surface area contributed by atoms with Crippen molar-refractivity contribution in [3.8, 4) is 11.5 Å². The number of anilines is 1. The number of nitrogen functional groups attached to an aromatic ring is 1. The molecule has 0 radical (unpaired) electrons. The van der Waals surface area contributed by atoms with Crippen LogP contribution in [0.15, 0.2) is 60.9 Å². The van der Waals surface area contributed by atoms with Gasteiger partial charge in [-0.05, 0) is 30.3 Å². The van der Waals surface area contributed by atoms with Crippen molar-refractivity contribution >= 4 is 27.9 Å². The zero-order valence-corrected chi connectivity index (χ0v) is 14.6. The van der Waals surface area contributed by atoms with E-state index in [2.05, 4.69) is 25.0 Å². The maximum absolute atomic E-state index is 14.1. The molecule has 7 nitrogen and oxygen atoms in total. The predicted octanol–water partition coefficient (Wildman–Crippen LogP) is 3.21. The molecule has 0 atom stereocenters. The molecule has 0 aliphatic rings. The number of hydrogen-bond donors (Lipinski definition) is 1. The Balaban J connectivity index is 1.70. The zero-order valence-electron chi connectivity index (χ0n) is 14.6. The molecule has 4 heterocycles. The van der Waals surface area contributed by atoms with Gasteiger partial charge in [0.2, 0.25) is 0 Å². The summed E-state index contributed by atoms with van der Waals surface area (Å²) in [7, 11) is 0. The summed E-state index contributed by atoms with van der Waals surface area (Å²) >= 11 is 0. The Hall–Kier alpha value is -3.94. The number of fused-ring (bicyclic) bond motifs is 2. The second-order valence-electron chi connectivity index (χ2n) is 6.28. The number of halogens is 1. The molecule has 0 aliphatic heterocycles. The van der Waals surface area contributed by atoms with E-state index in [0.29, 0.717) is 33.8 Å². The van der Waals surface area contributed by atoms with Crippen molar-refractivity contribution in [3.05, 3.63) is 72.3 Å². The topological polar surface area (TPSA) is 95.4 Å². The van der Waals surface area contributed by atoms with E-state index in [9.17, 15) is 4.39 Å². The van der Waals surface area contributed by atoms with Crippen LogP contribution in [-0.4, -0.2) is 29.7 Å². The Labute approximate surface area is 158 Å². The van der Waals surface area contributed by atoms with Crippen molar-refractivity contribution in [1.82, 2.24) is 29.7 Å². The highest BCUT2D eigenvalue weighted by Crippen LogP contribution is 2.27. The highest BCUT2D eigenvalue weighted by atomic mass is 19.1. The summed E-state index contributed by atoms with van der Waals surface area (Å²) in [5.41, 5.74) is 8.93. The van der Waals surface area contributed by atoms with Gasteiger partial charge in [-0.2, -0.15) is 5.10 Å². The highest BCUT2D eigenvalue weighted by molar-refractivity contribution is 5.92. The minimum Gasteiger partial charge on any atom is -0.382 e. The SMILES string of the molecule is Nc1nc(-c2nn(Cc3ccccc3F)c3ncccc23)nc2cccnc12. The van der Waals surface area contributed by atoms with Gasteiger partial charge in [-0.3, -0.25) is 4.98 Å². The van der Waals surface area contributed by atoms with E-state index in [4.69, 9.17) is 5.73 Å². The van der Waals surface area contributed by atoms with Crippen LogP contribution in [0, 0.1) is 5.82 Å². The number of rotatable bonds is 3. The normalized spacial score (nSPS) is 11.3. The third-order valence-electron chi connectivity index (χ3n) is 4.48. The van der Waals surface area contributed by atoms with Gasteiger partial charge in [-0.25, -0.2) is 24.0 Å². The van der Waals surface area contributed by atoms with Crippen LogP contribution in [0.25, 0.3) is 33.6 Å². The first-order chi connectivity index (χ1) is 13.7. The van der Waals surface area contributed by atoms with Gasteiger partial charge < -0.3 is 5.73 Å². The molecule has 0 amide bonds. The molecule has 5 rings (SSSR count). The average molecular weight is 371 g/mol. The zero-order chi connectivity index (χ0) is 19.1. The lowest BCUT2D eigenvalue weighted by atomic mass is 10.2. The van der Waals surface area contributed by atoms with Crippen LogP contribution < -0.4 is 5.73 Å². The number of benzene rings is 1. The van der Waals surface area contributed by atoms with Crippen molar-refractivity contribution in [2.75, 3.05) is 5.73 Å². The smallest absolute Gasteiger partial charge is 0.183 e. The third-order valence-corrected chi connectivity index (χ3v) is 4.48. The van der Waals surface area contributed by atoms with Crippen molar-refractivity contribution in [2.24, 2.45) is 0 Å². The molecule has 0 unspecified atom stereocenters. The van der Waals surface area contributed by atoms with E-state index in [-0.39, 0.29) is 18.2 Å². The van der Waals surface area contributed by atoms with Crippen LogP contribution in [0.2, 0.25) is 0 Å². The van der Waals surface area contributed by atoms with Gasteiger partial charge in [0, 0.05) is 18.0 Å². The summed E-state index contributed by atoms with van der Waals surface area (Å²) in [5, 5.41) is 5.40. The Morgan fingerprint density at radius 2 is 1.75 bits per heavy atom. The van der Waals surface area contributed by atoms with Gasteiger partial charge in [0.05, 0.1) is 17.4 Å². The summed E-state index contributed by atoms with van der Waals surface area (Å²) in [5.74, 6) is 0.366. The summed E-state index contributed by atoms with van der Waals surface area (Å²) in [4.78, 5) is 17.6. The first kappa shape index (κ1) is 16.2.